The zero-order valence-electron chi connectivity index (χ0n) is 9.43. The van der Waals surface area contributed by atoms with Crippen molar-refractivity contribution in [1.29, 1.82) is 0 Å². The molecule has 0 spiro atoms. The monoisotopic (exact) mass is 248 g/mol. The Morgan fingerprint density at radius 1 is 1.35 bits per heavy atom. The molecule has 17 heavy (non-hydrogen) atoms. The van der Waals surface area contributed by atoms with Crippen LogP contribution in [-0.4, -0.2) is 16.0 Å². The Labute approximate surface area is 105 Å². The number of hydrogen-bond acceptors (Lipinski definition) is 1. The fourth-order valence-electron chi connectivity index (χ4n) is 2.04. The van der Waals surface area contributed by atoms with Gasteiger partial charge in [-0.2, -0.15) is 0 Å². The number of aliphatic carboxylic acids is 1. The van der Waals surface area contributed by atoms with Crippen LogP contribution in [0.5, 0.6) is 0 Å². The molecule has 0 radical (unpaired) electrons. The van der Waals surface area contributed by atoms with Crippen molar-refractivity contribution in [3.8, 4) is 0 Å². The average Bonchev–Trinajstić information content (AvgIpc) is 2.33. The van der Waals surface area contributed by atoms with Crippen molar-refractivity contribution in [2.45, 2.75) is 11.8 Å². The second-order valence-corrected chi connectivity index (χ2v) is 4.77. The third-order valence-electron chi connectivity index (χ3n) is 3.15. The Morgan fingerprint density at radius 2 is 2.00 bits per heavy atom. The minimum Gasteiger partial charge on any atom is -0.480 e. The first-order valence-corrected chi connectivity index (χ1v) is 5.80. The van der Waals surface area contributed by atoms with Gasteiger partial charge in [0.1, 0.15) is 0 Å². The molecule has 2 rings (SSSR count). The number of hydrogen-bond donors (Lipinski definition) is 1. The van der Waals surface area contributed by atoms with E-state index in [2.05, 4.69) is 0 Å². The van der Waals surface area contributed by atoms with Crippen LogP contribution in [0, 0.1) is 5.92 Å². The van der Waals surface area contributed by atoms with Gasteiger partial charge in [0.05, 0.1) is 0 Å². The molecule has 1 aliphatic rings. The number of carboxylic acid groups (broad SMARTS) is 1. The summed E-state index contributed by atoms with van der Waals surface area (Å²) in [6, 6.07) is 9.70. The highest BCUT2D eigenvalue weighted by Gasteiger charge is 2.42. The summed E-state index contributed by atoms with van der Waals surface area (Å²) in [5.74, 6) is -1.28. The van der Waals surface area contributed by atoms with Crippen LogP contribution >= 0.6 is 11.6 Å². The molecule has 3 heteroatoms. The number of benzene rings is 1. The lowest BCUT2D eigenvalue weighted by Gasteiger charge is -2.30. The van der Waals surface area contributed by atoms with Gasteiger partial charge >= 0.3 is 5.97 Å². The topological polar surface area (TPSA) is 37.3 Å². The lowest BCUT2D eigenvalue weighted by Crippen LogP contribution is -2.39. The Bertz CT molecular complexity index is 490. The average molecular weight is 249 g/mol. The van der Waals surface area contributed by atoms with Crippen molar-refractivity contribution >= 4 is 23.1 Å². The normalized spacial score (nSPS) is 27.6. The van der Waals surface area contributed by atoms with Crippen molar-refractivity contribution in [2.75, 3.05) is 0 Å². The van der Waals surface area contributed by atoms with Gasteiger partial charge in [-0.3, -0.25) is 0 Å². The highest BCUT2D eigenvalue weighted by Crippen LogP contribution is 2.40. The molecule has 0 amide bonds. The fourth-order valence-corrected chi connectivity index (χ4v) is 2.23. The smallest absolute Gasteiger partial charge is 0.329 e. The van der Waals surface area contributed by atoms with Crippen LogP contribution < -0.4 is 0 Å². The van der Waals surface area contributed by atoms with Crippen LogP contribution in [-0.2, 0) is 4.79 Å². The predicted molar refractivity (Wildman–Crippen MR) is 68.9 cm³/mol. The van der Waals surface area contributed by atoms with Crippen molar-refractivity contribution in [2.24, 2.45) is 5.92 Å². The number of alkyl halides is 1. The maximum absolute atomic E-state index is 11.3. The molecule has 1 aromatic carbocycles. The van der Waals surface area contributed by atoms with Crippen LogP contribution in [0.4, 0.5) is 0 Å². The molecule has 2 nitrogen and oxygen atoms in total. The molecular weight excluding hydrogens is 236 g/mol. The second kappa shape index (κ2) is 4.38. The highest BCUT2D eigenvalue weighted by molar-refractivity contribution is 6.36. The standard InChI is InChI=1S/C14H13ClO2/c1-10-12(11-6-3-2-4-7-11)8-5-9-14(10,15)13(16)17/h2-10H,1H3,(H,16,17). The van der Waals surface area contributed by atoms with Gasteiger partial charge in [-0.1, -0.05) is 55.5 Å². The van der Waals surface area contributed by atoms with Gasteiger partial charge in [0.25, 0.3) is 0 Å². The molecule has 2 unspecified atom stereocenters. The van der Waals surface area contributed by atoms with E-state index in [1.165, 1.54) is 6.08 Å². The number of halogens is 1. The molecule has 1 N–H and O–H groups in total. The SMILES string of the molecule is CC1C(c2ccccc2)=CC=CC1(Cl)C(=O)O. The Kier molecular flexibility index (Phi) is 3.07. The molecule has 0 fully saturated rings. The van der Waals surface area contributed by atoms with E-state index >= 15 is 0 Å². The van der Waals surface area contributed by atoms with E-state index in [-0.39, 0.29) is 5.92 Å². The van der Waals surface area contributed by atoms with Crippen molar-refractivity contribution < 1.29 is 9.90 Å². The van der Waals surface area contributed by atoms with Crippen LogP contribution in [0.25, 0.3) is 5.57 Å². The molecule has 88 valence electrons. The van der Waals surface area contributed by atoms with Crippen LogP contribution in [0.15, 0.2) is 48.6 Å². The Balaban J connectivity index is 2.42. The molecular formula is C14H13ClO2. The minimum atomic E-state index is -1.35. The zero-order chi connectivity index (χ0) is 12.5. The van der Waals surface area contributed by atoms with E-state index < -0.39 is 10.8 Å². The summed E-state index contributed by atoms with van der Waals surface area (Å²) in [7, 11) is 0. The molecule has 0 aromatic heterocycles. The molecule has 0 saturated heterocycles. The second-order valence-electron chi connectivity index (χ2n) is 4.14. The number of carbonyl (C=O) groups is 1. The lowest BCUT2D eigenvalue weighted by molar-refractivity contribution is -0.139. The third kappa shape index (κ3) is 2.01. The summed E-state index contributed by atoms with van der Waals surface area (Å²) in [6.45, 7) is 1.84. The summed E-state index contributed by atoms with van der Waals surface area (Å²) in [6.07, 6.45) is 5.17. The first-order valence-electron chi connectivity index (χ1n) is 5.43. The van der Waals surface area contributed by atoms with Gasteiger partial charge in [0.2, 0.25) is 0 Å². The fraction of sp³-hybridized carbons (Fsp3) is 0.214. The maximum Gasteiger partial charge on any atom is 0.329 e. The zero-order valence-corrected chi connectivity index (χ0v) is 10.2. The molecule has 0 bridgehead atoms. The highest BCUT2D eigenvalue weighted by atomic mass is 35.5. The molecule has 1 aliphatic carbocycles. The van der Waals surface area contributed by atoms with Gasteiger partial charge in [-0.05, 0) is 11.1 Å². The van der Waals surface area contributed by atoms with E-state index in [1.54, 1.807) is 6.08 Å². The Hall–Kier alpha value is -1.54. The quantitative estimate of drug-likeness (QED) is 0.815. The molecule has 1 aromatic rings. The van der Waals surface area contributed by atoms with E-state index in [1.807, 2.05) is 43.3 Å². The van der Waals surface area contributed by atoms with Crippen molar-refractivity contribution in [1.82, 2.24) is 0 Å². The van der Waals surface area contributed by atoms with E-state index in [0.29, 0.717) is 0 Å². The van der Waals surface area contributed by atoms with Crippen LogP contribution in [0.3, 0.4) is 0 Å². The number of rotatable bonds is 2. The van der Waals surface area contributed by atoms with Crippen molar-refractivity contribution in [3.05, 3.63) is 54.1 Å². The first kappa shape index (κ1) is 11.9. The van der Waals surface area contributed by atoms with Crippen molar-refractivity contribution in [3.63, 3.8) is 0 Å². The minimum absolute atomic E-state index is 0.269. The van der Waals surface area contributed by atoms with Crippen LogP contribution in [0.2, 0.25) is 0 Å². The first-order chi connectivity index (χ1) is 8.05. The summed E-state index contributed by atoms with van der Waals surface area (Å²) >= 11 is 6.18. The van der Waals surface area contributed by atoms with Gasteiger partial charge in [0, 0.05) is 5.92 Å². The van der Waals surface area contributed by atoms with Gasteiger partial charge in [0.15, 0.2) is 4.87 Å². The lowest BCUT2D eigenvalue weighted by atomic mass is 9.80. The number of allylic oxidation sites excluding steroid dienone is 3. The summed E-state index contributed by atoms with van der Waals surface area (Å²) in [4.78, 5) is 9.91. The van der Waals surface area contributed by atoms with E-state index in [9.17, 15) is 9.90 Å². The van der Waals surface area contributed by atoms with Gasteiger partial charge in [-0.15, -0.1) is 11.6 Å². The summed E-state index contributed by atoms with van der Waals surface area (Å²) < 4.78 is 0. The number of carboxylic acids is 1. The van der Waals surface area contributed by atoms with E-state index in [0.717, 1.165) is 11.1 Å². The van der Waals surface area contributed by atoms with Crippen LogP contribution in [0.1, 0.15) is 12.5 Å². The summed E-state index contributed by atoms with van der Waals surface area (Å²) in [5.41, 5.74) is 1.96. The molecule has 0 heterocycles. The predicted octanol–water partition coefficient (Wildman–Crippen LogP) is 3.34. The summed E-state index contributed by atoms with van der Waals surface area (Å²) in [5, 5.41) is 9.22. The molecule has 0 saturated carbocycles. The third-order valence-corrected chi connectivity index (χ3v) is 3.76. The molecule has 0 aliphatic heterocycles. The van der Waals surface area contributed by atoms with Gasteiger partial charge in [-0.25, -0.2) is 4.79 Å². The Morgan fingerprint density at radius 3 is 2.59 bits per heavy atom. The van der Waals surface area contributed by atoms with Gasteiger partial charge < -0.3 is 5.11 Å². The maximum atomic E-state index is 11.3. The molecule has 2 atom stereocenters. The largest absolute Gasteiger partial charge is 0.480 e. The van der Waals surface area contributed by atoms with E-state index in [4.69, 9.17) is 11.6 Å².